The lowest BCUT2D eigenvalue weighted by Gasteiger charge is -2.10. The molecule has 0 saturated heterocycles. The summed E-state index contributed by atoms with van der Waals surface area (Å²) in [6, 6.07) is 10.9. The largest absolute Gasteiger partial charge is 0.496 e. The van der Waals surface area contributed by atoms with Crippen LogP contribution in [0.2, 0.25) is 0 Å². The summed E-state index contributed by atoms with van der Waals surface area (Å²) >= 11 is 0. The number of fused-ring (bicyclic) bond motifs is 1. The molecule has 2 aromatic heterocycles. The van der Waals surface area contributed by atoms with Gasteiger partial charge in [-0.05, 0) is 37.1 Å². The summed E-state index contributed by atoms with van der Waals surface area (Å²) in [6.45, 7) is 0. The summed E-state index contributed by atoms with van der Waals surface area (Å²) in [7, 11) is 1.55. The average molecular weight is 336 g/mol. The van der Waals surface area contributed by atoms with Crippen LogP contribution in [0.25, 0.3) is 5.65 Å². The smallest absolute Gasteiger partial charge is 0.259 e. The monoisotopic (exact) mass is 336 g/mol. The number of benzene rings is 1. The molecule has 1 fully saturated rings. The number of aromatic nitrogens is 3. The second-order valence-corrected chi connectivity index (χ2v) is 6.31. The molecule has 0 bridgehead atoms. The van der Waals surface area contributed by atoms with Crippen molar-refractivity contribution in [3.05, 3.63) is 54.0 Å². The third-order valence-corrected chi connectivity index (χ3v) is 4.78. The third-order valence-electron chi connectivity index (χ3n) is 4.78. The molecule has 0 spiro atoms. The molecule has 0 atom stereocenters. The number of nitrogens with one attached hydrogen (secondary N) is 1. The first-order valence-electron chi connectivity index (χ1n) is 8.56. The summed E-state index contributed by atoms with van der Waals surface area (Å²) in [6.07, 6.45) is 6.74. The highest BCUT2D eigenvalue weighted by Crippen LogP contribution is 2.33. The van der Waals surface area contributed by atoms with E-state index in [4.69, 9.17) is 4.74 Å². The predicted molar refractivity (Wildman–Crippen MR) is 95.1 cm³/mol. The molecular weight excluding hydrogens is 316 g/mol. The van der Waals surface area contributed by atoms with Crippen molar-refractivity contribution in [1.29, 1.82) is 0 Å². The van der Waals surface area contributed by atoms with Gasteiger partial charge in [0.25, 0.3) is 5.91 Å². The molecule has 1 aliphatic rings. The zero-order chi connectivity index (χ0) is 17.2. The summed E-state index contributed by atoms with van der Waals surface area (Å²) < 4.78 is 7.26. The van der Waals surface area contributed by atoms with Crippen molar-refractivity contribution in [2.24, 2.45) is 0 Å². The van der Waals surface area contributed by atoms with Gasteiger partial charge in [-0.3, -0.25) is 9.20 Å². The summed E-state index contributed by atoms with van der Waals surface area (Å²) in [5, 5.41) is 11.6. The molecule has 0 unspecified atom stereocenters. The number of ether oxygens (including phenoxy) is 1. The van der Waals surface area contributed by atoms with E-state index in [9.17, 15) is 4.79 Å². The van der Waals surface area contributed by atoms with E-state index in [1.165, 1.54) is 12.8 Å². The average Bonchev–Trinajstić information content (AvgIpc) is 3.31. The fraction of sp³-hybridized carbons (Fsp3) is 0.316. The molecular formula is C19H20N4O2. The molecule has 2 heterocycles. The lowest BCUT2D eigenvalue weighted by molar-refractivity contribution is 0.102. The SMILES string of the molecule is COc1ccccc1C(=O)Nc1cccn2c(C3CCCC3)nnc12. The Morgan fingerprint density at radius 2 is 1.96 bits per heavy atom. The van der Waals surface area contributed by atoms with Crippen LogP contribution in [0, 0.1) is 0 Å². The maximum atomic E-state index is 12.7. The first-order valence-corrected chi connectivity index (χ1v) is 8.56. The molecule has 4 rings (SSSR count). The Balaban J connectivity index is 1.66. The Hall–Kier alpha value is -2.89. The van der Waals surface area contributed by atoms with Crippen LogP contribution in [-0.4, -0.2) is 27.6 Å². The number of carbonyl (C=O) groups is 1. The number of pyridine rings is 1. The molecule has 1 saturated carbocycles. The first kappa shape index (κ1) is 15.6. The Kier molecular flexibility index (Phi) is 4.09. The van der Waals surface area contributed by atoms with Gasteiger partial charge in [0.1, 0.15) is 11.6 Å². The molecule has 6 nitrogen and oxygen atoms in total. The van der Waals surface area contributed by atoms with E-state index in [-0.39, 0.29) is 5.91 Å². The number of rotatable bonds is 4. The third kappa shape index (κ3) is 2.84. The second kappa shape index (κ2) is 6.55. The van der Waals surface area contributed by atoms with Gasteiger partial charge in [0.2, 0.25) is 0 Å². The van der Waals surface area contributed by atoms with Crippen LogP contribution in [0.1, 0.15) is 47.8 Å². The van der Waals surface area contributed by atoms with Crippen molar-refractivity contribution in [3.63, 3.8) is 0 Å². The topological polar surface area (TPSA) is 68.5 Å². The van der Waals surface area contributed by atoms with E-state index in [0.29, 0.717) is 28.6 Å². The van der Waals surface area contributed by atoms with Gasteiger partial charge in [0.05, 0.1) is 18.4 Å². The number of amides is 1. The second-order valence-electron chi connectivity index (χ2n) is 6.31. The highest BCUT2D eigenvalue weighted by Gasteiger charge is 2.23. The van der Waals surface area contributed by atoms with Crippen LogP contribution in [0.4, 0.5) is 5.69 Å². The van der Waals surface area contributed by atoms with E-state index < -0.39 is 0 Å². The summed E-state index contributed by atoms with van der Waals surface area (Å²) in [4.78, 5) is 12.7. The number of methoxy groups -OCH3 is 1. The van der Waals surface area contributed by atoms with Gasteiger partial charge in [0.15, 0.2) is 5.65 Å². The maximum Gasteiger partial charge on any atom is 0.259 e. The van der Waals surface area contributed by atoms with Crippen molar-refractivity contribution < 1.29 is 9.53 Å². The van der Waals surface area contributed by atoms with Gasteiger partial charge in [0, 0.05) is 12.1 Å². The quantitative estimate of drug-likeness (QED) is 0.789. The van der Waals surface area contributed by atoms with Gasteiger partial charge >= 0.3 is 0 Å². The number of nitrogens with zero attached hydrogens (tertiary/aromatic N) is 3. The van der Waals surface area contributed by atoms with E-state index in [1.807, 2.05) is 34.9 Å². The van der Waals surface area contributed by atoms with Gasteiger partial charge in [-0.25, -0.2) is 0 Å². The standard InChI is InChI=1S/C19H20N4O2/c1-25-16-11-5-4-9-14(16)19(24)20-15-10-6-12-23-17(21-22-18(15)23)13-7-2-3-8-13/h4-6,9-13H,2-3,7-8H2,1H3,(H,20,24). The minimum absolute atomic E-state index is 0.226. The van der Waals surface area contributed by atoms with Crippen LogP contribution in [-0.2, 0) is 0 Å². The van der Waals surface area contributed by atoms with E-state index >= 15 is 0 Å². The molecule has 1 aromatic carbocycles. The first-order chi connectivity index (χ1) is 12.3. The fourth-order valence-corrected chi connectivity index (χ4v) is 3.52. The van der Waals surface area contributed by atoms with Crippen LogP contribution < -0.4 is 10.1 Å². The van der Waals surface area contributed by atoms with Crippen molar-refractivity contribution >= 4 is 17.2 Å². The summed E-state index contributed by atoms with van der Waals surface area (Å²) in [5.41, 5.74) is 1.81. The van der Waals surface area contributed by atoms with Gasteiger partial charge in [-0.1, -0.05) is 25.0 Å². The van der Waals surface area contributed by atoms with Crippen LogP contribution in [0.3, 0.4) is 0 Å². The lowest BCUT2D eigenvalue weighted by Crippen LogP contribution is -2.14. The number of para-hydroxylation sites is 1. The minimum atomic E-state index is -0.226. The van der Waals surface area contributed by atoms with Crippen LogP contribution in [0.15, 0.2) is 42.6 Å². The Morgan fingerprint density at radius 1 is 1.16 bits per heavy atom. The van der Waals surface area contributed by atoms with Crippen LogP contribution >= 0.6 is 0 Å². The Labute approximate surface area is 145 Å². The van der Waals surface area contributed by atoms with Crippen molar-refractivity contribution in [2.75, 3.05) is 12.4 Å². The lowest BCUT2D eigenvalue weighted by atomic mass is 10.1. The number of carbonyl (C=O) groups excluding carboxylic acids is 1. The highest BCUT2D eigenvalue weighted by molar-refractivity contribution is 6.07. The number of anilines is 1. The minimum Gasteiger partial charge on any atom is -0.496 e. The van der Waals surface area contributed by atoms with E-state index in [0.717, 1.165) is 18.7 Å². The summed E-state index contributed by atoms with van der Waals surface area (Å²) in [5.74, 6) is 1.76. The molecule has 6 heteroatoms. The van der Waals surface area contributed by atoms with Crippen molar-refractivity contribution in [1.82, 2.24) is 14.6 Å². The molecule has 3 aromatic rings. The molecule has 1 N–H and O–H groups in total. The molecule has 1 amide bonds. The van der Waals surface area contributed by atoms with Crippen molar-refractivity contribution in [3.8, 4) is 5.75 Å². The normalized spacial score (nSPS) is 14.8. The highest BCUT2D eigenvalue weighted by atomic mass is 16.5. The molecule has 0 aliphatic heterocycles. The Morgan fingerprint density at radius 3 is 2.76 bits per heavy atom. The van der Waals surface area contributed by atoms with E-state index in [2.05, 4.69) is 15.5 Å². The molecule has 128 valence electrons. The predicted octanol–water partition coefficient (Wildman–Crippen LogP) is 3.65. The van der Waals surface area contributed by atoms with E-state index in [1.54, 1.807) is 19.2 Å². The number of hydrogen-bond acceptors (Lipinski definition) is 4. The van der Waals surface area contributed by atoms with Gasteiger partial charge in [-0.2, -0.15) is 0 Å². The van der Waals surface area contributed by atoms with Gasteiger partial charge < -0.3 is 10.1 Å². The molecule has 25 heavy (non-hydrogen) atoms. The Bertz CT molecular complexity index is 913. The van der Waals surface area contributed by atoms with Crippen LogP contribution in [0.5, 0.6) is 5.75 Å². The van der Waals surface area contributed by atoms with Gasteiger partial charge in [-0.15, -0.1) is 10.2 Å². The number of hydrogen-bond donors (Lipinski definition) is 1. The van der Waals surface area contributed by atoms with Crippen molar-refractivity contribution in [2.45, 2.75) is 31.6 Å². The zero-order valence-corrected chi connectivity index (χ0v) is 14.1. The maximum absolute atomic E-state index is 12.7. The molecule has 1 aliphatic carbocycles. The zero-order valence-electron chi connectivity index (χ0n) is 14.1. The fourth-order valence-electron chi connectivity index (χ4n) is 3.52. The molecule has 0 radical (unpaired) electrons.